The number of nitrogens with zero attached hydrogens (tertiary/aromatic N) is 2. The number of benzene rings is 2. The Hall–Kier alpha value is -3.66. The van der Waals surface area contributed by atoms with Gasteiger partial charge >= 0.3 is 5.97 Å². The molecule has 2 aromatic carbocycles. The van der Waals surface area contributed by atoms with Crippen LogP contribution in [0.25, 0.3) is 10.2 Å². The molecular formula is C22H23N3O6S. The quantitative estimate of drug-likeness (QED) is 0.547. The molecule has 0 saturated heterocycles. The van der Waals surface area contributed by atoms with Crippen LogP contribution in [0.1, 0.15) is 24.2 Å². The largest absolute Gasteiger partial charge is 0.497 e. The van der Waals surface area contributed by atoms with Crippen LogP contribution >= 0.6 is 11.3 Å². The summed E-state index contributed by atoms with van der Waals surface area (Å²) in [5.74, 6) is -0.256. The lowest BCUT2D eigenvalue weighted by Crippen LogP contribution is -2.23. The van der Waals surface area contributed by atoms with Crippen LogP contribution < -0.4 is 19.6 Å². The van der Waals surface area contributed by atoms with Crippen molar-refractivity contribution in [3.05, 3.63) is 46.8 Å². The monoisotopic (exact) mass is 457 g/mol. The molecule has 0 aliphatic rings. The van der Waals surface area contributed by atoms with Crippen LogP contribution in [0.4, 0.5) is 5.69 Å². The molecule has 0 bridgehead atoms. The van der Waals surface area contributed by atoms with E-state index in [-0.39, 0.29) is 24.6 Å². The Balaban J connectivity index is 2.12. The minimum Gasteiger partial charge on any atom is -0.497 e. The highest BCUT2D eigenvalue weighted by Gasteiger charge is 2.15. The van der Waals surface area contributed by atoms with E-state index in [0.29, 0.717) is 27.5 Å². The minimum absolute atomic E-state index is 0.110. The maximum absolute atomic E-state index is 12.9. The number of amides is 2. The molecule has 0 fully saturated rings. The molecule has 1 heterocycles. The summed E-state index contributed by atoms with van der Waals surface area (Å²) in [6.45, 7) is 3.27. The van der Waals surface area contributed by atoms with E-state index in [9.17, 15) is 14.4 Å². The Morgan fingerprint density at radius 3 is 2.34 bits per heavy atom. The number of fused-ring (bicyclic) bond motifs is 1. The SMILES string of the molecule is CCOC(=O)Cn1c(=NC(=O)c2cc(OC)cc(OC)c2)sc2cc(NC(C)=O)ccc21. The second-order valence-corrected chi connectivity index (χ2v) is 7.67. The maximum Gasteiger partial charge on any atom is 0.326 e. The zero-order valence-electron chi connectivity index (χ0n) is 18.1. The Labute approximate surface area is 188 Å². The topological polar surface area (TPSA) is 108 Å². The lowest BCUT2D eigenvalue weighted by atomic mass is 10.2. The van der Waals surface area contributed by atoms with Gasteiger partial charge in [-0.15, -0.1) is 0 Å². The molecule has 0 spiro atoms. The van der Waals surface area contributed by atoms with Crippen molar-refractivity contribution in [1.29, 1.82) is 0 Å². The number of thiazole rings is 1. The number of aromatic nitrogens is 1. The van der Waals surface area contributed by atoms with Gasteiger partial charge in [0.05, 0.1) is 31.0 Å². The van der Waals surface area contributed by atoms with Gasteiger partial charge in [0.15, 0.2) is 4.80 Å². The molecule has 3 rings (SSSR count). The molecule has 0 unspecified atom stereocenters. The first kappa shape index (κ1) is 23.0. The molecule has 0 atom stereocenters. The highest BCUT2D eigenvalue weighted by molar-refractivity contribution is 7.16. The Kier molecular flexibility index (Phi) is 7.26. The van der Waals surface area contributed by atoms with E-state index in [2.05, 4.69) is 10.3 Å². The van der Waals surface area contributed by atoms with Crippen LogP contribution in [-0.4, -0.2) is 43.2 Å². The summed E-state index contributed by atoms with van der Waals surface area (Å²) in [6.07, 6.45) is 0. The molecule has 3 aromatic rings. The number of esters is 1. The lowest BCUT2D eigenvalue weighted by molar-refractivity contribution is -0.143. The van der Waals surface area contributed by atoms with E-state index in [0.717, 1.165) is 4.70 Å². The van der Waals surface area contributed by atoms with Gasteiger partial charge in [-0.1, -0.05) is 11.3 Å². The number of methoxy groups -OCH3 is 2. The van der Waals surface area contributed by atoms with Crippen molar-refractivity contribution in [2.75, 3.05) is 26.1 Å². The summed E-state index contributed by atoms with van der Waals surface area (Å²) >= 11 is 1.22. The predicted molar refractivity (Wildman–Crippen MR) is 120 cm³/mol. The van der Waals surface area contributed by atoms with Crippen molar-refractivity contribution in [2.45, 2.75) is 20.4 Å². The number of carbonyl (C=O) groups is 3. The number of nitrogens with one attached hydrogen (secondary N) is 1. The van der Waals surface area contributed by atoms with Crippen LogP contribution in [0.3, 0.4) is 0 Å². The third-order valence-electron chi connectivity index (χ3n) is 4.39. The predicted octanol–water partition coefficient (Wildman–Crippen LogP) is 2.98. The fraction of sp³-hybridized carbons (Fsp3) is 0.273. The van der Waals surface area contributed by atoms with E-state index >= 15 is 0 Å². The molecule has 32 heavy (non-hydrogen) atoms. The van der Waals surface area contributed by atoms with Crippen molar-refractivity contribution >= 4 is 45.0 Å². The fourth-order valence-corrected chi connectivity index (χ4v) is 4.08. The molecule has 9 nitrogen and oxygen atoms in total. The zero-order valence-corrected chi connectivity index (χ0v) is 18.9. The lowest BCUT2D eigenvalue weighted by Gasteiger charge is -2.07. The fourth-order valence-electron chi connectivity index (χ4n) is 3.01. The first-order valence-electron chi connectivity index (χ1n) is 9.73. The number of anilines is 1. The van der Waals surface area contributed by atoms with Gasteiger partial charge in [0.1, 0.15) is 18.0 Å². The van der Waals surface area contributed by atoms with Crippen LogP contribution in [0.5, 0.6) is 11.5 Å². The van der Waals surface area contributed by atoms with Gasteiger partial charge < -0.3 is 24.1 Å². The highest BCUT2D eigenvalue weighted by Crippen LogP contribution is 2.24. The van der Waals surface area contributed by atoms with Crippen molar-refractivity contribution in [3.63, 3.8) is 0 Å². The second-order valence-electron chi connectivity index (χ2n) is 6.66. The van der Waals surface area contributed by atoms with Crippen LogP contribution in [0, 0.1) is 0 Å². The van der Waals surface area contributed by atoms with Gasteiger partial charge in [-0.2, -0.15) is 4.99 Å². The molecule has 0 saturated carbocycles. The highest BCUT2D eigenvalue weighted by atomic mass is 32.1. The van der Waals surface area contributed by atoms with Gasteiger partial charge in [-0.05, 0) is 37.3 Å². The Morgan fingerprint density at radius 2 is 1.75 bits per heavy atom. The van der Waals surface area contributed by atoms with Crippen LogP contribution in [0.15, 0.2) is 41.4 Å². The summed E-state index contributed by atoms with van der Waals surface area (Å²) in [7, 11) is 2.98. The zero-order chi connectivity index (χ0) is 23.3. The minimum atomic E-state index is -0.520. The average molecular weight is 458 g/mol. The molecular weight excluding hydrogens is 434 g/mol. The van der Waals surface area contributed by atoms with Crippen molar-refractivity contribution in [2.24, 2.45) is 4.99 Å². The van der Waals surface area contributed by atoms with E-state index < -0.39 is 11.9 Å². The molecule has 1 aromatic heterocycles. The molecule has 0 radical (unpaired) electrons. The molecule has 2 amide bonds. The van der Waals surface area contributed by atoms with E-state index in [1.807, 2.05) is 0 Å². The molecule has 168 valence electrons. The summed E-state index contributed by atoms with van der Waals surface area (Å²) in [5.41, 5.74) is 1.57. The van der Waals surface area contributed by atoms with Gasteiger partial charge in [0.25, 0.3) is 5.91 Å². The molecule has 10 heteroatoms. The van der Waals surface area contributed by atoms with Crippen molar-refractivity contribution in [3.8, 4) is 11.5 Å². The number of hydrogen-bond acceptors (Lipinski definition) is 7. The normalized spacial score (nSPS) is 11.3. The Bertz CT molecular complexity index is 1220. The summed E-state index contributed by atoms with van der Waals surface area (Å²) in [4.78, 5) is 41.1. The smallest absolute Gasteiger partial charge is 0.326 e. The van der Waals surface area contributed by atoms with Crippen molar-refractivity contribution < 1.29 is 28.6 Å². The molecule has 0 aliphatic carbocycles. The van der Waals surface area contributed by atoms with Gasteiger partial charge in [-0.25, -0.2) is 0 Å². The van der Waals surface area contributed by atoms with Crippen LogP contribution in [-0.2, 0) is 20.9 Å². The maximum atomic E-state index is 12.9. The average Bonchev–Trinajstić information content (AvgIpc) is 3.08. The van der Waals surface area contributed by atoms with E-state index in [1.165, 1.54) is 32.5 Å². The molecule has 0 aliphatic heterocycles. The number of hydrogen-bond donors (Lipinski definition) is 1. The first-order chi connectivity index (χ1) is 15.3. The van der Waals surface area contributed by atoms with Gasteiger partial charge in [0, 0.05) is 24.2 Å². The van der Waals surface area contributed by atoms with Gasteiger partial charge in [0.2, 0.25) is 5.91 Å². The summed E-state index contributed by atoms with van der Waals surface area (Å²) < 4.78 is 17.9. The number of carbonyl (C=O) groups excluding carboxylic acids is 3. The third kappa shape index (κ3) is 5.33. The number of rotatable bonds is 7. The van der Waals surface area contributed by atoms with E-state index in [1.54, 1.807) is 47.9 Å². The summed E-state index contributed by atoms with van der Waals surface area (Å²) in [5, 5.41) is 2.72. The second kappa shape index (κ2) is 10.1. The molecule has 1 N–H and O–H groups in total. The third-order valence-corrected chi connectivity index (χ3v) is 5.43. The summed E-state index contributed by atoms with van der Waals surface area (Å²) in [6, 6.07) is 10.0. The standard InChI is InChI=1S/C22H23N3O6S/c1-5-31-20(27)12-25-18-7-6-15(23-13(2)26)10-19(18)32-22(25)24-21(28)14-8-16(29-3)11-17(9-14)30-4/h6-11H,5,12H2,1-4H3,(H,23,26). The van der Waals surface area contributed by atoms with Crippen molar-refractivity contribution in [1.82, 2.24) is 4.57 Å². The number of ether oxygens (including phenoxy) is 3. The first-order valence-corrected chi connectivity index (χ1v) is 10.5. The van der Waals surface area contributed by atoms with Gasteiger partial charge in [-0.3, -0.25) is 14.4 Å². The van der Waals surface area contributed by atoms with Crippen LogP contribution in [0.2, 0.25) is 0 Å². The van der Waals surface area contributed by atoms with E-state index in [4.69, 9.17) is 14.2 Å². The Morgan fingerprint density at radius 1 is 1.06 bits per heavy atom.